The lowest BCUT2D eigenvalue weighted by Gasteiger charge is -2.07. The zero-order valence-electron chi connectivity index (χ0n) is 14.3. The molecule has 0 unspecified atom stereocenters. The second-order valence-corrected chi connectivity index (χ2v) is 6.42. The average molecular weight is 390 g/mol. The van der Waals surface area contributed by atoms with E-state index in [1.54, 1.807) is 50.2 Å². The molecular weight excluding hydrogens is 373 g/mol. The number of amides is 2. The van der Waals surface area contributed by atoms with Gasteiger partial charge in [0.15, 0.2) is 0 Å². The second kappa shape index (κ2) is 8.65. The molecule has 0 aliphatic carbocycles. The van der Waals surface area contributed by atoms with Crippen molar-refractivity contribution in [1.29, 1.82) is 0 Å². The molecule has 0 heterocycles. The number of hydrazone groups is 1. The summed E-state index contributed by atoms with van der Waals surface area (Å²) in [4.78, 5) is 23.8. The fourth-order valence-electron chi connectivity index (χ4n) is 1.96. The van der Waals surface area contributed by atoms with Gasteiger partial charge in [-0.2, -0.15) is 5.10 Å². The maximum atomic E-state index is 12.2. The Morgan fingerprint density at radius 3 is 2.31 bits per heavy atom. The first-order valence-corrected chi connectivity index (χ1v) is 8.40. The molecule has 0 aliphatic rings. The van der Waals surface area contributed by atoms with Crippen LogP contribution in [0.3, 0.4) is 0 Å². The number of halogens is 2. The molecule has 0 atom stereocenters. The minimum atomic E-state index is -0.456. The highest BCUT2D eigenvalue weighted by Crippen LogP contribution is 2.20. The van der Waals surface area contributed by atoms with Crippen molar-refractivity contribution in [3.63, 3.8) is 0 Å². The van der Waals surface area contributed by atoms with E-state index in [1.807, 2.05) is 0 Å². The van der Waals surface area contributed by atoms with Crippen LogP contribution in [0.25, 0.3) is 0 Å². The van der Waals surface area contributed by atoms with Gasteiger partial charge in [0.1, 0.15) is 0 Å². The Labute approximate surface area is 161 Å². The fourth-order valence-corrected chi connectivity index (χ4v) is 2.34. The highest BCUT2D eigenvalue weighted by Gasteiger charge is 2.10. The monoisotopic (exact) mass is 389 g/mol. The summed E-state index contributed by atoms with van der Waals surface area (Å²) in [6.07, 6.45) is 0. The highest BCUT2D eigenvalue weighted by atomic mass is 35.5. The Bertz CT molecular complexity index is 890. The molecule has 2 rings (SSSR count). The smallest absolute Gasteiger partial charge is 0.272 e. The molecule has 0 fully saturated rings. The molecule has 134 valence electrons. The molecule has 2 N–H and O–H groups in total. The molecule has 2 aromatic rings. The highest BCUT2D eigenvalue weighted by molar-refractivity contribution is 6.35. The van der Waals surface area contributed by atoms with Gasteiger partial charge in [-0.1, -0.05) is 41.9 Å². The predicted molar refractivity (Wildman–Crippen MR) is 106 cm³/mol. The lowest BCUT2D eigenvalue weighted by molar-refractivity contribution is -0.112. The van der Waals surface area contributed by atoms with Crippen LogP contribution in [-0.4, -0.2) is 17.5 Å². The number of nitrogens with zero attached hydrogens (tertiary/aromatic N) is 1. The van der Waals surface area contributed by atoms with E-state index < -0.39 is 5.91 Å². The van der Waals surface area contributed by atoms with Crippen LogP contribution in [0.2, 0.25) is 10.0 Å². The average Bonchev–Trinajstić information content (AvgIpc) is 2.61. The number of benzene rings is 2. The number of hydrogen-bond acceptors (Lipinski definition) is 3. The standard InChI is InChI=1S/C19H17Cl2N3O2/c1-11(2)18(25)22-15-7-4-13(5-8-15)12(3)23-24-19(26)16-10-14(20)6-9-17(16)21/h4-10H,1H2,2-3H3,(H,22,25)(H,24,26). The number of nitrogens with one attached hydrogen (secondary N) is 2. The molecule has 0 saturated heterocycles. The van der Waals surface area contributed by atoms with Gasteiger partial charge in [-0.05, 0) is 49.7 Å². The maximum absolute atomic E-state index is 12.2. The minimum Gasteiger partial charge on any atom is -0.322 e. The third kappa shape index (κ3) is 5.18. The second-order valence-electron chi connectivity index (χ2n) is 5.57. The van der Waals surface area contributed by atoms with E-state index in [0.29, 0.717) is 22.0 Å². The summed E-state index contributed by atoms with van der Waals surface area (Å²) < 4.78 is 0. The summed E-state index contributed by atoms with van der Waals surface area (Å²) in [5.41, 5.74) is 5.14. The Balaban J connectivity index is 2.07. The van der Waals surface area contributed by atoms with Crippen LogP contribution in [-0.2, 0) is 4.79 Å². The van der Waals surface area contributed by atoms with E-state index in [9.17, 15) is 9.59 Å². The summed E-state index contributed by atoms with van der Waals surface area (Å²) >= 11 is 11.9. The van der Waals surface area contributed by atoms with Gasteiger partial charge >= 0.3 is 0 Å². The summed E-state index contributed by atoms with van der Waals surface area (Å²) in [6.45, 7) is 6.97. The molecule has 7 heteroatoms. The molecule has 0 aliphatic heterocycles. The third-order valence-electron chi connectivity index (χ3n) is 3.45. The van der Waals surface area contributed by atoms with Crippen LogP contribution < -0.4 is 10.7 Å². The van der Waals surface area contributed by atoms with E-state index in [-0.39, 0.29) is 16.5 Å². The van der Waals surface area contributed by atoms with E-state index in [0.717, 1.165) is 5.56 Å². The van der Waals surface area contributed by atoms with Crippen molar-refractivity contribution in [2.45, 2.75) is 13.8 Å². The molecule has 0 spiro atoms. The zero-order valence-corrected chi connectivity index (χ0v) is 15.8. The van der Waals surface area contributed by atoms with Crippen molar-refractivity contribution in [1.82, 2.24) is 5.43 Å². The first-order valence-electron chi connectivity index (χ1n) is 7.65. The van der Waals surface area contributed by atoms with Crippen molar-refractivity contribution in [3.05, 3.63) is 75.8 Å². The Morgan fingerprint density at radius 1 is 1.04 bits per heavy atom. The van der Waals surface area contributed by atoms with Crippen molar-refractivity contribution >= 4 is 46.4 Å². The van der Waals surface area contributed by atoms with Crippen molar-refractivity contribution < 1.29 is 9.59 Å². The van der Waals surface area contributed by atoms with E-state index in [4.69, 9.17) is 23.2 Å². The summed E-state index contributed by atoms with van der Waals surface area (Å²) in [5.74, 6) is -0.698. The van der Waals surface area contributed by atoms with Gasteiger partial charge in [-0.25, -0.2) is 5.43 Å². The first-order chi connectivity index (χ1) is 12.3. The summed E-state index contributed by atoms with van der Waals surface area (Å²) in [5, 5.41) is 7.49. The van der Waals surface area contributed by atoms with Crippen LogP contribution in [0.1, 0.15) is 29.8 Å². The molecule has 2 aromatic carbocycles. The summed E-state index contributed by atoms with van der Waals surface area (Å²) in [6, 6.07) is 11.7. The lowest BCUT2D eigenvalue weighted by Crippen LogP contribution is -2.19. The molecule has 26 heavy (non-hydrogen) atoms. The minimum absolute atomic E-state index is 0.242. The topological polar surface area (TPSA) is 70.6 Å². The molecule has 0 radical (unpaired) electrons. The molecule has 0 saturated carbocycles. The van der Waals surface area contributed by atoms with E-state index in [1.165, 1.54) is 6.07 Å². The van der Waals surface area contributed by atoms with Crippen LogP contribution in [0.15, 0.2) is 59.7 Å². The van der Waals surface area contributed by atoms with Gasteiger partial charge in [0.2, 0.25) is 0 Å². The molecule has 0 aromatic heterocycles. The van der Waals surface area contributed by atoms with Crippen LogP contribution in [0, 0.1) is 0 Å². The van der Waals surface area contributed by atoms with Gasteiger partial charge in [-0.15, -0.1) is 0 Å². The van der Waals surface area contributed by atoms with Crippen LogP contribution in [0.5, 0.6) is 0 Å². The number of anilines is 1. The van der Waals surface area contributed by atoms with Crippen LogP contribution >= 0.6 is 23.2 Å². The van der Waals surface area contributed by atoms with Crippen molar-refractivity contribution in [2.75, 3.05) is 5.32 Å². The van der Waals surface area contributed by atoms with Gasteiger partial charge in [0.05, 0.1) is 16.3 Å². The van der Waals surface area contributed by atoms with Gasteiger partial charge in [-0.3, -0.25) is 9.59 Å². The Hall–Kier alpha value is -2.63. The number of carbonyl (C=O) groups is 2. The SMILES string of the molecule is C=C(C)C(=O)Nc1ccc(C(C)=NNC(=O)c2cc(Cl)ccc2Cl)cc1. The van der Waals surface area contributed by atoms with E-state index >= 15 is 0 Å². The lowest BCUT2D eigenvalue weighted by atomic mass is 10.1. The molecular formula is C19H17Cl2N3O2. The molecule has 2 amide bonds. The van der Waals surface area contributed by atoms with Gasteiger partial charge in [0.25, 0.3) is 11.8 Å². The van der Waals surface area contributed by atoms with Crippen molar-refractivity contribution in [3.8, 4) is 0 Å². The molecule has 5 nitrogen and oxygen atoms in total. The quantitative estimate of drug-likeness (QED) is 0.443. The first kappa shape index (κ1) is 19.7. The Kier molecular flexibility index (Phi) is 6.55. The largest absolute Gasteiger partial charge is 0.322 e. The Morgan fingerprint density at radius 2 is 1.69 bits per heavy atom. The predicted octanol–water partition coefficient (Wildman–Crippen LogP) is 4.66. The normalized spacial score (nSPS) is 11.0. The van der Waals surface area contributed by atoms with E-state index in [2.05, 4.69) is 22.4 Å². The maximum Gasteiger partial charge on any atom is 0.272 e. The number of carbonyl (C=O) groups excluding carboxylic acids is 2. The number of rotatable bonds is 5. The number of hydrogen-bond donors (Lipinski definition) is 2. The van der Waals surface area contributed by atoms with Gasteiger partial charge in [0, 0.05) is 16.3 Å². The third-order valence-corrected chi connectivity index (χ3v) is 4.01. The van der Waals surface area contributed by atoms with Gasteiger partial charge < -0.3 is 5.32 Å². The van der Waals surface area contributed by atoms with Crippen LogP contribution in [0.4, 0.5) is 5.69 Å². The molecule has 0 bridgehead atoms. The summed E-state index contributed by atoms with van der Waals surface area (Å²) in [7, 11) is 0. The fraction of sp³-hybridized carbons (Fsp3) is 0.105. The zero-order chi connectivity index (χ0) is 19.3. The van der Waals surface area contributed by atoms with Crippen molar-refractivity contribution in [2.24, 2.45) is 5.10 Å².